The molecule has 1 unspecified atom stereocenters. The fraction of sp³-hybridized carbons (Fsp3) is 0.941. The second kappa shape index (κ2) is 9.68. The van der Waals surface area contributed by atoms with Gasteiger partial charge in [-0.15, -0.1) is 12.4 Å². The van der Waals surface area contributed by atoms with Crippen LogP contribution < -0.4 is 5.32 Å². The molecule has 124 valence electrons. The molecule has 1 heterocycles. The molecule has 2 fully saturated rings. The Labute approximate surface area is 136 Å². The van der Waals surface area contributed by atoms with Gasteiger partial charge in [-0.05, 0) is 56.5 Å². The molecule has 0 aromatic carbocycles. The van der Waals surface area contributed by atoms with Crippen LogP contribution >= 0.6 is 12.4 Å². The van der Waals surface area contributed by atoms with Crippen LogP contribution in [0.25, 0.3) is 0 Å². The van der Waals surface area contributed by atoms with Crippen LogP contribution in [0, 0.1) is 17.8 Å². The zero-order valence-electron chi connectivity index (χ0n) is 13.8. The third-order valence-electron chi connectivity index (χ3n) is 5.37. The minimum absolute atomic E-state index is 0. The quantitative estimate of drug-likeness (QED) is 0.842. The second-order valence-corrected chi connectivity index (χ2v) is 7.05. The van der Waals surface area contributed by atoms with E-state index in [4.69, 9.17) is 0 Å². The van der Waals surface area contributed by atoms with E-state index in [0.717, 1.165) is 37.9 Å². The first-order valence-electron chi connectivity index (χ1n) is 8.61. The van der Waals surface area contributed by atoms with Gasteiger partial charge in [0.15, 0.2) is 0 Å². The zero-order chi connectivity index (χ0) is 14.4. The Hall–Kier alpha value is -0.280. The van der Waals surface area contributed by atoms with Gasteiger partial charge in [0.2, 0.25) is 5.91 Å². The van der Waals surface area contributed by atoms with Gasteiger partial charge in [-0.2, -0.15) is 0 Å². The lowest BCUT2D eigenvalue weighted by atomic mass is 9.83. The van der Waals surface area contributed by atoms with Gasteiger partial charge in [0.1, 0.15) is 0 Å². The van der Waals surface area contributed by atoms with Gasteiger partial charge in [0.05, 0.1) is 0 Å². The first kappa shape index (κ1) is 18.8. The SMILES string of the molecule is CC(CC(=O)N(C)CC1CCCCC1)C1CCNCC1.Cl. The van der Waals surface area contributed by atoms with Crippen LogP contribution in [-0.4, -0.2) is 37.5 Å². The largest absolute Gasteiger partial charge is 0.345 e. The van der Waals surface area contributed by atoms with E-state index in [1.54, 1.807) is 0 Å². The van der Waals surface area contributed by atoms with Crippen LogP contribution in [0.1, 0.15) is 58.3 Å². The number of rotatable bonds is 5. The monoisotopic (exact) mass is 316 g/mol. The minimum Gasteiger partial charge on any atom is -0.345 e. The highest BCUT2D eigenvalue weighted by molar-refractivity contribution is 5.85. The summed E-state index contributed by atoms with van der Waals surface area (Å²) in [5.41, 5.74) is 0. The molecule has 1 saturated carbocycles. The van der Waals surface area contributed by atoms with Gasteiger partial charge in [-0.25, -0.2) is 0 Å². The molecule has 0 aromatic rings. The molecule has 0 spiro atoms. The summed E-state index contributed by atoms with van der Waals surface area (Å²) < 4.78 is 0. The van der Waals surface area contributed by atoms with Crippen LogP contribution in [0.2, 0.25) is 0 Å². The van der Waals surface area contributed by atoms with Crippen molar-refractivity contribution in [2.75, 3.05) is 26.7 Å². The van der Waals surface area contributed by atoms with Crippen molar-refractivity contribution in [1.29, 1.82) is 0 Å². The number of piperidine rings is 1. The summed E-state index contributed by atoms with van der Waals surface area (Å²) in [6, 6.07) is 0. The van der Waals surface area contributed by atoms with Crippen LogP contribution in [0.3, 0.4) is 0 Å². The van der Waals surface area contributed by atoms with Crippen LogP contribution in [0.5, 0.6) is 0 Å². The van der Waals surface area contributed by atoms with E-state index in [-0.39, 0.29) is 12.4 Å². The van der Waals surface area contributed by atoms with Crippen LogP contribution in [0.15, 0.2) is 0 Å². The van der Waals surface area contributed by atoms with Crippen LogP contribution in [-0.2, 0) is 4.79 Å². The Morgan fingerprint density at radius 1 is 1.14 bits per heavy atom. The van der Waals surface area contributed by atoms with Crippen molar-refractivity contribution in [3.8, 4) is 0 Å². The van der Waals surface area contributed by atoms with E-state index in [0.29, 0.717) is 11.8 Å². The van der Waals surface area contributed by atoms with Crippen LogP contribution in [0.4, 0.5) is 0 Å². The molecule has 1 saturated heterocycles. The maximum atomic E-state index is 12.4. The molecule has 1 N–H and O–H groups in total. The van der Waals surface area contributed by atoms with E-state index in [2.05, 4.69) is 12.2 Å². The van der Waals surface area contributed by atoms with Crippen molar-refractivity contribution >= 4 is 18.3 Å². The number of nitrogens with one attached hydrogen (secondary N) is 1. The maximum Gasteiger partial charge on any atom is 0.222 e. The summed E-state index contributed by atoms with van der Waals surface area (Å²) in [5, 5.41) is 3.40. The standard InChI is InChI=1S/C17H32N2O.ClH/c1-14(16-8-10-18-11-9-16)12-17(20)19(2)13-15-6-4-3-5-7-15;/h14-16,18H,3-13H2,1-2H3;1H. The van der Waals surface area contributed by atoms with Gasteiger partial charge in [-0.1, -0.05) is 26.2 Å². The molecule has 21 heavy (non-hydrogen) atoms. The molecular formula is C17H33ClN2O. The average Bonchev–Trinajstić information content (AvgIpc) is 2.49. The number of carbonyl (C=O) groups excluding carboxylic acids is 1. The van der Waals surface area contributed by atoms with E-state index in [1.165, 1.54) is 44.9 Å². The number of amides is 1. The van der Waals surface area contributed by atoms with Crippen molar-refractivity contribution in [2.24, 2.45) is 17.8 Å². The van der Waals surface area contributed by atoms with E-state index >= 15 is 0 Å². The zero-order valence-corrected chi connectivity index (χ0v) is 14.6. The smallest absolute Gasteiger partial charge is 0.222 e. The highest BCUT2D eigenvalue weighted by atomic mass is 35.5. The van der Waals surface area contributed by atoms with Gasteiger partial charge in [0, 0.05) is 20.0 Å². The van der Waals surface area contributed by atoms with Gasteiger partial charge in [-0.3, -0.25) is 4.79 Å². The third-order valence-corrected chi connectivity index (χ3v) is 5.37. The molecule has 0 aromatic heterocycles. The second-order valence-electron chi connectivity index (χ2n) is 7.05. The van der Waals surface area contributed by atoms with Crippen molar-refractivity contribution in [1.82, 2.24) is 10.2 Å². The van der Waals surface area contributed by atoms with Crippen molar-refractivity contribution in [2.45, 2.75) is 58.3 Å². The highest BCUT2D eigenvalue weighted by Gasteiger charge is 2.24. The maximum absolute atomic E-state index is 12.4. The molecule has 3 nitrogen and oxygen atoms in total. The first-order valence-corrected chi connectivity index (χ1v) is 8.61. The Kier molecular flexibility index (Phi) is 8.65. The lowest BCUT2D eigenvalue weighted by molar-refractivity contribution is -0.132. The molecule has 4 heteroatoms. The van der Waals surface area contributed by atoms with Crippen molar-refractivity contribution < 1.29 is 4.79 Å². The number of hydrogen-bond acceptors (Lipinski definition) is 2. The number of hydrogen-bond donors (Lipinski definition) is 1. The minimum atomic E-state index is 0. The summed E-state index contributed by atoms with van der Waals surface area (Å²) in [6.07, 6.45) is 9.97. The lowest BCUT2D eigenvalue weighted by Crippen LogP contribution is -2.36. The third kappa shape index (κ3) is 6.15. The topological polar surface area (TPSA) is 32.3 Å². The highest BCUT2D eigenvalue weighted by Crippen LogP contribution is 2.26. The Morgan fingerprint density at radius 2 is 1.76 bits per heavy atom. The van der Waals surface area contributed by atoms with E-state index in [1.807, 2.05) is 11.9 Å². The normalized spacial score (nSPS) is 22.4. The summed E-state index contributed by atoms with van der Waals surface area (Å²) in [4.78, 5) is 14.4. The predicted octanol–water partition coefficient (Wildman–Crippen LogP) is 3.47. The fourth-order valence-corrected chi connectivity index (χ4v) is 3.87. The molecule has 1 aliphatic heterocycles. The lowest BCUT2D eigenvalue weighted by Gasteiger charge is -2.31. The molecule has 1 aliphatic carbocycles. The fourth-order valence-electron chi connectivity index (χ4n) is 3.87. The molecular weight excluding hydrogens is 284 g/mol. The molecule has 1 amide bonds. The van der Waals surface area contributed by atoms with Gasteiger partial charge < -0.3 is 10.2 Å². The van der Waals surface area contributed by atoms with Gasteiger partial charge >= 0.3 is 0 Å². The Morgan fingerprint density at radius 3 is 2.38 bits per heavy atom. The van der Waals surface area contributed by atoms with E-state index < -0.39 is 0 Å². The van der Waals surface area contributed by atoms with E-state index in [9.17, 15) is 4.79 Å². The predicted molar refractivity (Wildman–Crippen MR) is 90.8 cm³/mol. The Bertz CT molecular complexity index is 299. The average molecular weight is 317 g/mol. The van der Waals surface area contributed by atoms with Gasteiger partial charge in [0.25, 0.3) is 0 Å². The summed E-state index contributed by atoms with van der Waals surface area (Å²) in [7, 11) is 2.01. The summed E-state index contributed by atoms with van der Waals surface area (Å²) in [5.74, 6) is 2.40. The van der Waals surface area contributed by atoms with Crippen molar-refractivity contribution in [3.05, 3.63) is 0 Å². The Balaban J connectivity index is 0.00000220. The number of nitrogens with zero attached hydrogens (tertiary/aromatic N) is 1. The van der Waals surface area contributed by atoms with Crippen molar-refractivity contribution in [3.63, 3.8) is 0 Å². The number of halogens is 1. The summed E-state index contributed by atoms with van der Waals surface area (Å²) in [6.45, 7) is 5.50. The molecule has 2 rings (SSSR count). The molecule has 0 radical (unpaired) electrons. The molecule has 0 bridgehead atoms. The molecule has 2 aliphatic rings. The number of carbonyl (C=O) groups is 1. The first-order chi connectivity index (χ1) is 9.66. The molecule has 1 atom stereocenters. The summed E-state index contributed by atoms with van der Waals surface area (Å²) >= 11 is 0.